The van der Waals surface area contributed by atoms with Crippen molar-refractivity contribution in [1.29, 1.82) is 0 Å². The Morgan fingerprint density at radius 1 is 0.655 bits per heavy atom. The maximum atomic E-state index is 2.60. The Bertz CT molecular complexity index is 676. The fourth-order valence-corrected chi connectivity index (χ4v) is 8.08. The highest BCUT2D eigenvalue weighted by atomic mass is 14.6. The molecule has 0 amide bonds. The van der Waals surface area contributed by atoms with Crippen molar-refractivity contribution in [1.82, 2.24) is 0 Å². The maximum absolute atomic E-state index is 2.60. The van der Waals surface area contributed by atoms with E-state index in [1.165, 1.54) is 19.3 Å². The van der Waals surface area contributed by atoms with E-state index in [-0.39, 0.29) is 0 Å². The first-order chi connectivity index (χ1) is 14.0. The highest BCUT2D eigenvalue weighted by Gasteiger charge is 2.52. The zero-order valence-electron chi connectivity index (χ0n) is 19.7. The van der Waals surface area contributed by atoms with Crippen LogP contribution in [0.3, 0.4) is 0 Å². The van der Waals surface area contributed by atoms with E-state index in [1.54, 1.807) is 0 Å². The lowest BCUT2D eigenvalue weighted by Gasteiger charge is -2.33. The van der Waals surface area contributed by atoms with Gasteiger partial charge in [-0.3, -0.25) is 0 Å². The summed E-state index contributed by atoms with van der Waals surface area (Å²) in [6.07, 6.45) is 23.8. The van der Waals surface area contributed by atoms with Gasteiger partial charge in [0.2, 0.25) is 0 Å². The highest BCUT2D eigenvalue weighted by molar-refractivity contribution is 5.23. The van der Waals surface area contributed by atoms with Crippen LogP contribution in [0, 0.1) is 71.0 Å². The molecule has 2 saturated carbocycles. The molecule has 4 aliphatic carbocycles. The Balaban J connectivity index is 1.59. The smallest absolute Gasteiger partial charge is 0.0131 e. The van der Waals surface area contributed by atoms with Crippen LogP contribution in [-0.4, -0.2) is 0 Å². The predicted molar refractivity (Wildman–Crippen MR) is 126 cm³/mol. The van der Waals surface area contributed by atoms with Gasteiger partial charge in [-0.2, -0.15) is 0 Å². The third kappa shape index (κ3) is 3.64. The number of allylic oxidation sites excluding steroid dienone is 8. The van der Waals surface area contributed by atoms with E-state index in [4.69, 9.17) is 0 Å². The van der Waals surface area contributed by atoms with Gasteiger partial charge in [-0.15, -0.1) is 0 Å². The van der Waals surface area contributed by atoms with Crippen molar-refractivity contribution < 1.29 is 0 Å². The molecule has 0 aromatic carbocycles. The van der Waals surface area contributed by atoms with Gasteiger partial charge < -0.3 is 0 Å². The van der Waals surface area contributed by atoms with Crippen molar-refractivity contribution in [2.75, 3.05) is 0 Å². The molecule has 0 bridgehead atoms. The Labute approximate surface area is 180 Å². The second kappa shape index (κ2) is 8.60. The molecule has 0 heterocycles. The molecular formula is C29H44. The third-order valence-electron chi connectivity index (χ3n) is 9.83. The van der Waals surface area contributed by atoms with Crippen molar-refractivity contribution in [2.24, 2.45) is 71.0 Å². The molecule has 11 unspecified atom stereocenters. The molecule has 29 heavy (non-hydrogen) atoms. The molecule has 0 nitrogen and oxygen atoms in total. The normalized spacial score (nSPS) is 46.3. The molecule has 4 rings (SSSR count). The quantitative estimate of drug-likeness (QED) is 0.430. The fraction of sp³-hybridized carbons (Fsp3) is 0.724. The number of fused-ring (bicyclic) bond motifs is 2. The molecule has 0 aromatic heterocycles. The molecule has 0 saturated heterocycles. The van der Waals surface area contributed by atoms with Crippen LogP contribution in [0.1, 0.15) is 60.8 Å². The van der Waals surface area contributed by atoms with E-state index < -0.39 is 0 Å². The lowest BCUT2D eigenvalue weighted by molar-refractivity contribution is 0.168. The SMILES string of the molecule is CCCC1C(C)C(CC2C(C)C(C(C)C(C)C)C3C=CC=CC32)C2C=CC=CC21. The predicted octanol–water partition coefficient (Wildman–Crippen LogP) is 7.95. The summed E-state index contributed by atoms with van der Waals surface area (Å²) in [5.74, 6) is 9.79. The minimum Gasteiger partial charge on any atom is -0.0805 e. The maximum Gasteiger partial charge on any atom is -0.0131 e. The number of hydrogen-bond acceptors (Lipinski definition) is 0. The van der Waals surface area contributed by atoms with Gasteiger partial charge in [0.15, 0.2) is 0 Å². The lowest BCUT2D eigenvalue weighted by atomic mass is 9.72. The summed E-state index contributed by atoms with van der Waals surface area (Å²) in [6.45, 7) is 15.0. The van der Waals surface area contributed by atoms with Crippen LogP contribution in [0.4, 0.5) is 0 Å². The summed E-state index contributed by atoms with van der Waals surface area (Å²) < 4.78 is 0. The van der Waals surface area contributed by atoms with Gasteiger partial charge in [0.1, 0.15) is 0 Å². The van der Waals surface area contributed by atoms with E-state index in [1.807, 2.05) is 0 Å². The van der Waals surface area contributed by atoms with E-state index in [0.29, 0.717) is 0 Å². The molecule has 0 N–H and O–H groups in total. The van der Waals surface area contributed by atoms with E-state index in [0.717, 1.165) is 71.0 Å². The van der Waals surface area contributed by atoms with Crippen molar-refractivity contribution in [3.05, 3.63) is 48.6 Å². The highest BCUT2D eigenvalue weighted by Crippen LogP contribution is 2.59. The standard InChI is InChI=1S/C29H44/c1-7-12-22-20(5)27(24-14-9-8-13-23(22)24)17-28-21(6)29(19(4)18(2)3)26-16-11-10-15-25(26)28/h8-11,13-16,18-29H,7,12,17H2,1-6H3. The average molecular weight is 393 g/mol. The molecule has 0 radical (unpaired) electrons. The van der Waals surface area contributed by atoms with Gasteiger partial charge >= 0.3 is 0 Å². The van der Waals surface area contributed by atoms with E-state index in [9.17, 15) is 0 Å². The third-order valence-corrected chi connectivity index (χ3v) is 9.83. The summed E-state index contributed by atoms with van der Waals surface area (Å²) in [7, 11) is 0. The van der Waals surface area contributed by atoms with Gasteiger partial charge in [-0.1, -0.05) is 96.6 Å². The van der Waals surface area contributed by atoms with Crippen LogP contribution >= 0.6 is 0 Å². The average Bonchev–Trinajstić information content (AvgIpc) is 3.14. The molecule has 0 aliphatic heterocycles. The molecule has 0 heteroatoms. The monoisotopic (exact) mass is 392 g/mol. The summed E-state index contributed by atoms with van der Waals surface area (Å²) >= 11 is 0. The van der Waals surface area contributed by atoms with Crippen molar-refractivity contribution in [2.45, 2.75) is 60.8 Å². The van der Waals surface area contributed by atoms with Crippen LogP contribution in [0.5, 0.6) is 0 Å². The van der Waals surface area contributed by atoms with Gasteiger partial charge in [0, 0.05) is 0 Å². The first-order valence-corrected chi connectivity index (χ1v) is 12.7. The van der Waals surface area contributed by atoms with Crippen LogP contribution < -0.4 is 0 Å². The van der Waals surface area contributed by atoms with Gasteiger partial charge in [0.25, 0.3) is 0 Å². The first kappa shape index (κ1) is 21.2. The van der Waals surface area contributed by atoms with Crippen molar-refractivity contribution in [3.8, 4) is 0 Å². The van der Waals surface area contributed by atoms with Crippen molar-refractivity contribution >= 4 is 0 Å². The number of rotatable bonds is 6. The Hall–Kier alpha value is -1.04. The lowest BCUT2D eigenvalue weighted by Crippen LogP contribution is -2.26. The number of hydrogen-bond donors (Lipinski definition) is 0. The summed E-state index contributed by atoms with van der Waals surface area (Å²) in [4.78, 5) is 0. The molecule has 2 fully saturated rings. The van der Waals surface area contributed by atoms with Gasteiger partial charge in [-0.25, -0.2) is 0 Å². The molecule has 160 valence electrons. The summed E-state index contributed by atoms with van der Waals surface area (Å²) in [5, 5.41) is 0. The molecule has 0 spiro atoms. The van der Waals surface area contributed by atoms with Crippen molar-refractivity contribution in [3.63, 3.8) is 0 Å². The minimum absolute atomic E-state index is 0.762. The molecular weight excluding hydrogens is 348 g/mol. The first-order valence-electron chi connectivity index (χ1n) is 12.7. The molecule has 0 aromatic rings. The van der Waals surface area contributed by atoms with Crippen LogP contribution in [0.15, 0.2) is 48.6 Å². The minimum atomic E-state index is 0.762. The zero-order valence-corrected chi connectivity index (χ0v) is 19.7. The largest absolute Gasteiger partial charge is 0.0805 e. The van der Waals surface area contributed by atoms with E-state index in [2.05, 4.69) is 90.2 Å². The Morgan fingerprint density at radius 3 is 1.69 bits per heavy atom. The van der Waals surface area contributed by atoms with Crippen LogP contribution in [0.2, 0.25) is 0 Å². The summed E-state index contributed by atoms with van der Waals surface area (Å²) in [5.41, 5.74) is 0. The molecule has 11 atom stereocenters. The Kier molecular flexibility index (Phi) is 6.29. The second-order valence-electron chi connectivity index (χ2n) is 11.3. The topological polar surface area (TPSA) is 0 Å². The van der Waals surface area contributed by atoms with Gasteiger partial charge in [0.05, 0.1) is 0 Å². The van der Waals surface area contributed by atoms with Crippen LogP contribution in [-0.2, 0) is 0 Å². The van der Waals surface area contributed by atoms with Crippen LogP contribution in [0.25, 0.3) is 0 Å². The van der Waals surface area contributed by atoms with E-state index >= 15 is 0 Å². The van der Waals surface area contributed by atoms with Gasteiger partial charge in [-0.05, 0) is 83.9 Å². The second-order valence-corrected chi connectivity index (χ2v) is 11.3. The fourth-order valence-electron chi connectivity index (χ4n) is 8.08. The Morgan fingerprint density at radius 2 is 1.14 bits per heavy atom. The molecule has 4 aliphatic rings. The summed E-state index contributed by atoms with van der Waals surface area (Å²) in [6, 6.07) is 0. The zero-order chi connectivity index (χ0) is 20.7.